The molecule has 0 amide bonds. The Balaban J connectivity index is 1.72. The molecule has 3 aliphatic rings. The molecule has 45 heavy (non-hydrogen) atoms. The third-order valence-electron chi connectivity index (χ3n) is 9.10. The Kier molecular flexibility index (Phi) is 8.66. The summed E-state index contributed by atoms with van der Waals surface area (Å²) in [4.78, 5) is 4.81. The van der Waals surface area contributed by atoms with E-state index in [1.165, 1.54) is 6.07 Å². The van der Waals surface area contributed by atoms with Crippen LogP contribution in [0.15, 0.2) is 35.2 Å². The summed E-state index contributed by atoms with van der Waals surface area (Å²) in [6.45, 7) is 1.47. The molecule has 0 saturated heterocycles. The number of sulfonamides is 1. The van der Waals surface area contributed by atoms with Crippen molar-refractivity contribution in [3.05, 3.63) is 64.5 Å². The van der Waals surface area contributed by atoms with E-state index in [4.69, 9.17) is 14.9 Å². The molecule has 0 unspecified atom stereocenters. The van der Waals surface area contributed by atoms with Crippen molar-refractivity contribution in [2.45, 2.75) is 94.3 Å². The van der Waals surface area contributed by atoms with Crippen molar-refractivity contribution < 1.29 is 34.9 Å². The van der Waals surface area contributed by atoms with E-state index in [1.54, 1.807) is 13.0 Å². The lowest BCUT2D eigenvalue weighted by atomic mass is 9.82. The van der Waals surface area contributed by atoms with Crippen LogP contribution in [0.2, 0.25) is 0 Å². The standard InChI is InChI=1S/C32H37F2N3O6S2/c1-2-37(45(40,41)42)27-17-24(29(18-23(27)19-12-13-19)43-28-15-14-21(33)16-25(28)34)30-22-10-6-7-11-26(22)36-31(32(30)44(35,38)39)20-8-4-3-5-9-20/h14-20H,2-13H2,1H3,(H2,35,38,39)(H,40,41,42). The number of fused-ring (bicyclic) bond motifs is 1. The molecule has 3 aliphatic carbocycles. The predicted molar refractivity (Wildman–Crippen MR) is 166 cm³/mol. The van der Waals surface area contributed by atoms with Gasteiger partial charge in [-0.1, -0.05) is 19.3 Å². The average Bonchev–Trinajstić information content (AvgIpc) is 3.83. The molecular formula is C32H37F2N3O6S2. The number of hydrogen-bond acceptors (Lipinski definition) is 6. The fourth-order valence-electron chi connectivity index (χ4n) is 6.90. The number of aromatic nitrogens is 1. The zero-order valence-corrected chi connectivity index (χ0v) is 26.7. The SMILES string of the molecule is CCN(c1cc(-c2c3c(nc(C4CCCCC4)c2S(N)(=O)=O)CCCC3)c(Oc2ccc(F)cc2F)cc1C1CC1)S(=O)(=O)O. The van der Waals surface area contributed by atoms with Crippen LogP contribution >= 0.6 is 0 Å². The van der Waals surface area contributed by atoms with E-state index in [1.807, 2.05) is 0 Å². The molecule has 2 fully saturated rings. The first-order valence-electron chi connectivity index (χ1n) is 15.5. The second-order valence-corrected chi connectivity index (χ2v) is 15.0. The van der Waals surface area contributed by atoms with Crippen molar-refractivity contribution in [3.63, 3.8) is 0 Å². The summed E-state index contributed by atoms with van der Waals surface area (Å²) in [7, 11) is -9.13. The molecule has 0 aliphatic heterocycles. The summed E-state index contributed by atoms with van der Waals surface area (Å²) >= 11 is 0. The van der Waals surface area contributed by atoms with Crippen LogP contribution < -0.4 is 14.2 Å². The molecule has 2 aromatic carbocycles. The number of halogens is 2. The van der Waals surface area contributed by atoms with E-state index < -0.39 is 32.0 Å². The highest BCUT2D eigenvalue weighted by molar-refractivity contribution is 7.89. The molecule has 13 heteroatoms. The summed E-state index contributed by atoms with van der Waals surface area (Å²) in [5.74, 6) is -2.19. The van der Waals surface area contributed by atoms with Gasteiger partial charge < -0.3 is 4.74 Å². The lowest BCUT2D eigenvalue weighted by Crippen LogP contribution is -2.31. The second kappa shape index (κ2) is 12.2. The topological polar surface area (TPSA) is 140 Å². The average molecular weight is 662 g/mol. The van der Waals surface area contributed by atoms with Gasteiger partial charge >= 0.3 is 10.3 Å². The van der Waals surface area contributed by atoms with Crippen molar-refractivity contribution in [1.82, 2.24) is 4.98 Å². The number of ether oxygens (including phenoxy) is 1. The quantitative estimate of drug-likeness (QED) is 0.238. The number of pyridine rings is 1. The fraction of sp³-hybridized carbons (Fsp3) is 0.469. The van der Waals surface area contributed by atoms with Gasteiger partial charge in [0.05, 0.1) is 11.4 Å². The van der Waals surface area contributed by atoms with Crippen molar-refractivity contribution in [3.8, 4) is 22.6 Å². The number of anilines is 1. The lowest BCUT2D eigenvalue weighted by Gasteiger charge is -2.30. The zero-order chi connectivity index (χ0) is 32.1. The Bertz CT molecular complexity index is 1860. The van der Waals surface area contributed by atoms with Crippen molar-refractivity contribution in [2.75, 3.05) is 10.8 Å². The number of rotatable bonds is 9. The molecule has 0 atom stereocenters. The van der Waals surface area contributed by atoms with Gasteiger partial charge in [-0.3, -0.25) is 9.54 Å². The third kappa shape index (κ3) is 6.45. The number of nitrogens with zero attached hydrogens (tertiary/aromatic N) is 2. The predicted octanol–water partition coefficient (Wildman–Crippen LogP) is 6.90. The molecule has 0 spiro atoms. The summed E-state index contributed by atoms with van der Waals surface area (Å²) in [6, 6.07) is 5.98. The Morgan fingerprint density at radius 3 is 2.27 bits per heavy atom. The minimum absolute atomic E-state index is 0.0628. The molecule has 6 rings (SSSR count). The summed E-state index contributed by atoms with van der Waals surface area (Å²) < 4.78 is 98.5. The monoisotopic (exact) mass is 661 g/mol. The maximum Gasteiger partial charge on any atom is 0.359 e. The number of benzene rings is 2. The van der Waals surface area contributed by atoms with Crippen LogP contribution in [0.25, 0.3) is 11.1 Å². The number of aryl methyl sites for hydroxylation is 1. The van der Waals surface area contributed by atoms with Crippen LogP contribution in [-0.4, -0.2) is 32.9 Å². The molecule has 2 saturated carbocycles. The minimum atomic E-state index is -4.72. The highest BCUT2D eigenvalue weighted by Gasteiger charge is 2.37. The number of nitrogens with two attached hydrogens (primary N) is 1. The summed E-state index contributed by atoms with van der Waals surface area (Å²) in [5, 5.41) is 6.00. The van der Waals surface area contributed by atoms with E-state index in [0.29, 0.717) is 35.7 Å². The van der Waals surface area contributed by atoms with Crippen LogP contribution in [0.4, 0.5) is 14.5 Å². The van der Waals surface area contributed by atoms with E-state index >= 15 is 0 Å². The van der Waals surface area contributed by atoms with Gasteiger partial charge in [0.25, 0.3) is 0 Å². The maximum atomic E-state index is 15.0. The van der Waals surface area contributed by atoms with Crippen LogP contribution in [-0.2, 0) is 33.2 Å². The van der Waals surface area contributed by atoms with Crippen LogP contribution in [0.5, 0.6) is 11.5 Å². The van der Waals surface area contributed by atoms with Gasteiger partial charge in [0.1, 0.15) is 16.5 Å². The third-order valence-corrected chi connectivity index (χ3v) is 11.1. The molecule has 1 aromatic heterocycles. The molecule has 242 valence electrons. The molecule has 0 radical (unpaired) electrons. The van der Waals surface area contributed by atoms with Gasteiger partial charge in [0.15, 0.2) is 11.6 Å². The van der Waals surface area contributed by atoms with Gasteiger partial charge in [-0.15, -0.1) is 0 Å². The van der Waals surface area contributed by atoms with E-state index in [0.717, 1.165) is 79.9 Å². The summed E-state index contributed by atoms with van der Waals surface area (Å²) in [5.41, 5.74) is 2.96. The van der Waals surface area contributed by atoms with Crippen molar-refractivity contribution in [1.29, 1.82) is 0 Å². The fourth-order valence-corrected chi connectivity index (χ4v) is 8.66. The minimum Gasteiger partial charge on any atom is -0.454 e. The summed E-state index contributed by atoms with van der Waals surface area (Å²) in [6.07, 6.45) is 8.59. The Morgan fingerprint density at radius 2 is 1.64 bits per heavy atom. The van der Waals surface area contributed by atoms with Crippen LogP contribution in [0, 0.1) is 11.6 Å². The van der Waals surface area contributed by atoms with Gasteiger partial charge in [-0.2, -0.15) is 8.42 Å². The first-order chi connectivity index (χ1) is 21.4. The smallest absolute Gasteiger partial charge is 0.359 e. The number of hydrogen-bond donors (Lipinski definition) is 2. The van der Waals surface area contributed by atoms with E-state index in [2.05, 4.69) is 0 Å². The molecule has 3 N–H and O–H groups in total. The van der Waals surface area contributed by atoms with Gasteiger partial charge in [-0.25, -0.2) is 26.6 Å². The Hall–Kier alpha value is -3.13. The first-order valence-corrected chi connectivity index (χ1v) is 18.5. The molecule has 3 aromatic rings. The highest BCUT2D eigenvalue weighted by atomic mass is 32.2. The van der Waals surface area contributed by atoms with Crippen molar-refractivity contribution in [2.24, 2.45) is 5.14 Å². The molecule has 0 bridgehead atoms. The zero-order valence-electron chi connectivity index (χ0n) is 25.1. The second-order valence-electron chi connectivity index (χ2n) is 12.2. The molecule has 1 heterocycles. The Morgan fingerprint density at radius 1 is 0.933 bits per heavy atom. The first kappa shape index (κ1) is 31.8. The van der Waals surface area contributed by atoms with Gasteiger partial charge in [-0.05, 0) is 99.6 Å². The van der Waals surface area contributed by atoms with E-state index in [9.17, 15) is 30.2 Å². The molecular weight excluding hydrogens is 624 g/mol. The van der Waals surface area contributed by atoms with Gasteiger partial charge in [0.2, 0.25) is 10.0 Å². The Labute approximate surface area is 262 Å². The maximum absolute atomic E-state index is 15.0. The van der Waals surface area contributed by atoms with E-state index in [-0.39, 0.29) is 51.6 Å². The highest BCUT2D eigenvalue weighted by Crippen LogP contribution is 2.52. The normalized spacial score (nSPS) is 17.6. The van der Waals surface area contributed by atoms with Gasteiger partial charge in [0, 0.05) is 35.3 Å². The lowest BCUT2D eigenvalue weighted by molar-refractivity contribution is 0.428. The number of primary sulfonamides is 1. The van der Waals surface area contributed by atoms with Crippen LogP contribution in [0.3, 0.4) is 0 Å². The largest absolute Gasteiger partial charge is 0.454 e. The van der Waals surface area contributed by atoms with Crippen molar-refractivity contribution >= 4 is 26.0 Å². The molecule has 9 nitrogen and oxygen atoms in total. The van der Waals surface area contributed by atoms with Crippen LogP contribution in [0.1, 0.15) is 99.1 Å².